The van der Waals surface area contributed by atoms with Crippen LogP contribution in [0.4, 0.5) is 4.39 Å². The van der Waals surface area contributed by atoms with Crippen molar-refractivity contribution >= 4 is 11.6 Å². The quantitative estimate of drug-likeness (QED) is 0.240. The SMILES string of the molecule is C=CCc1cc(/C=C(/C#N)c2ccc(C)cc2)cc(OC)c1OCc1ccc(F)cc1. The molecule has 0 amide bonds. The Morgan fingerprint density at radius 3 is 2.42 bits per heavy atom. The monoisotopic (exact) mass is 413 g/mol. The van der Waals surface area contributed by atoms with Crippen LogP contribution < -0.4 is 9.47 Å². The van der Waals surface area contributed by atoms with E-state index in [1.54, 1.807) is 25.3 Å². The van der Waals surface area contributed by atoms with Gasteiger partial charge in [0.2, 0.25) is 0 Å². The maximum atomic E-state index is 13.2. The Morgan fingerprint density at radius 1 is 1.10 bits per heavy atom. The highest BCUT2D eigenvalue weighted by Crippen LogP contribution is 2.35. The van der Waals surface area contributed by atoms with E-state index in [0.29, 0.717) is 23.5 Å². The van der Waals surface area contributed by atoms with Gasteiger partial charge in [-0.1, -0.05) is 48.0 Å². The molecule has 0 saturated heterocycles. The molecule has 0 saturated carbocycles. The van der Waals surface area contributed by atoms with E-state index in [0.717, 1.165) is 27.8 Å². The van der Waals surface area contributed by atoms with Crippen LogP contribution in [0.3, 0.4) is 0 Å². The highest BCUT2D eigenvalue weighted by atomic mass is 19.1. The van der Waals surface area contributed by atoms with Gasteiger partial charge in [-0.3, -0.25) is 0 Å². The number of benzene rings is 3. The molecule has 0 aliphatic carbocycles. The molecule has 0 aliphatic rings. The van der Waals surface area contributed by atoms with Crippen molar-refractivity contribution in [1.82, 2.24) is 0 Å². The lowest BCUT2D eigenvalue weighted by Crippen LogP contribution is -2.02. The molecule has 3 rings (SSSR count). The first kappa shape index (κ1) is 21.9. The molecule has 0 N–H and O–H groups in total. The van der Waals surface area contributed by atoms with Gasteiger partial charge >= 0.3 is 0 Å². The second-order valence-corrected chi connectivity index (χ2v) is 7.16. The third-order valence-electron chi connectivity index (χ3n) is 4.83. The summed E-state index contributed by atoms with van der Waals surface area (Å²) in [6.45, 7) is 6.13. The molecule has 0 atom stereocenters. The van der Waals surface area contributed by atoms with Crippen molar-refractivity contribution in [3.63, 3.8) is 0 Å². The van der Waals surface area contributed by atoms with E-state index in [-0.39, 0.29) is 12.4 Å². The number of hydrogen-bond acceptors (Lipinski definition) is 3. The molecule has 4 heteroatoms. The topological polar surface area (TPSA) is 42.2 Å². The fourth-order valence-corrected chi connectivity index (χ4v) is 3.21. The Morgan fingerprint density at radius 2 is 1.81 bits per heavy atom. The van der Waals surface area contributed by atoms with Gasteiger partial charge in [-0.2, -0.15) is 5.26 Å². The van der Waals surface area contributed by atoms with Crippen molar-refractivity contribution in [2.24, 2.45) is 0 Å². The lowest BCUT2D eigenvalue weighted by Gasteiger charge is -2.16. The van der Waals surface area contributed by atoms with E-state index in [1.807, 2.05) is 49.4 Å². The van der Waals surface area contributed by atoms with Crippen LogP contribution in [0.5, 0.6) is 11.5 Å². The average Bonchev–Trinajstić information content (AvgIpc) is 2.78. The van der Waals surface area contributed by atoms with Crippen molar-refractivity contribution in [2.75, 3.05) is 7.11 Å². The molecule has 3 aromatic carbocycles. The van der Waals surface area contributed by atoms with Crippen LogP contribution in [-0.2, 0) is 13.0 Å². The molecular weight excluding hydrogens is 389 g/mol. The van der Waals surface area contributed by atoms with Gasteiger partial charge in [0, 0.05) is 5.56 Å². The number of hydrogen-bond donors (Lipinski definition) is 0. The van der Waals surface area contributed by atoms with Gasteiger partial charge in [0.25, 0.3) is 0 Å². The molecule has 0 spiro atoms. The van der Waals surface area contributed by atoms with Gasteiger partial charge in [-0.05, 0) is 60.4 Å². The summed E-state index contributed by atoms with van der Waals surface area (Å²) in [6, 6.07) is 20.1. The standard InChI is InChI=1S/C27H24FNO2/c1-4-5-23-14-21(15-24(17-29)22-10-6-19(2)7-11-22)16-26(30-3)27(23)31-18-20-8-12-25(28)13-9-20/h4,6-16H,1,5,18H2,2-3H3/b24-15-. The zero-order chi connectivity index (χ0) is 22.2. The van der Waals surface area contributed by atoms with Gasteiger partial charge < -0.3 is 9.47 Å². The molecule has 0 aliphatic heterocycles. The summed E-state index contributed by atoms with van der Waals surface area (Å²) in [7, 11) is 1.58. The molecule has 0 bridgehead atoms. The van der Waals surface area contributed by atoms with Crippen molar-refractivity contribution in [2.45, 2.75) is 20.0 Å². The van der Waals surface area contributed by atoms with Crippen LogP contribution in [0.15, 0.2) is 73.3 Å². The van der Waals surface area contributed by atoms with Gasteiger partial charge in [0.05, 0.1) is 18.8 Å². The number of halogens is 1. The van der Waals surface area contributed by atoms with E-state index in [9.17, 15) is 9.65 Å². The normalized spacial score (nSPS) is 11.0. The van der Waals surface area contributed by atoms with E-state index in [4.69, 9.17) is 9.47 Å². The second kappa shape index (κ2) is 10.3. The molecular formula is C27H24FNO2. The van der Waals surface area contributed by atoms with Crippen molar-refractivity contribution < 1.29 is 13.9 Å². The van der Waals surface area contributed by atoms with Crippen molar-refractivity contribution in [1.29, 1.82) is 5.26 Å². The molecule has 0 aromatic heterocycles. The fourth-order valence-electron chi connectivity index (χ4n) is 3.21. The van der Waals surface area contributed by atoms with Crippen LogP contribution in [-0.4, -0.2) is 7.11 Å². The maximum Gasteiger partial charge on any atom is 0.165 e. The molecule has 0 heterocycles. The fraction of sp³-hybridized carbons (Fsp3) is 0.148. The minimum atomic E-state index is -0.285. The second-order valence-electron chi connectivity index (χ2n) is 7.16. The smallest absolute Gasteiger partial charge is 0.165 e. The number of nitriles is 1. The molecule has 156 valence electrons. The van der Waals surface area contributed by atoms with Gasteiger partial charge in [-0.25, -0.2) is 4.39 Å². The highest BCUT2D eigenvalue weighted by molar-refractivity contribution is 5.90. The summed E-state index contributed by atoms with van der Waals surface area (Å²) in [5, 5.41) is 9.68. The Bertz CT molecular complexity index is 1120. The van der Waals surface area contributed by atoms with E-state index >= 15 is 0 Å². The lowest BCUT2D eigenvalue weighted by atomic mass is 10.00. The zero-order valence-electron chi connectivity index (χ0n) is 17.7. The maximum absolute atomic E-state index is 13.2. The Labute approximate surface area is 182 Å². The Hall–Kier alpha value is -3.84. The summed E-state index contributed by atoms with van der Waals surface area (Å²) >= 11 is 0. The summed E-state index contributed by atoms with van der Waals surface area (Å²) in [5.74, 6) is 0.887. The van der Waals surface area contributed by atoms with Crippen molar-refractivity contribution in [3.8, 4) is 17.6 Å². The van der Waals surface area contributed by atoms with Gasteiger partial charge in [0.15, 0.2) is 11.5 Å². The molecule has 0 radical (unpaired) electrons. The number of methoxy groups -OCH3 is 1. The third kappa shape index (κ3) is 5.61. The van der Waals surface area contributed by atoms with E-state index in [1.165, 1.54) is 12.1 Å². The largest absolute Gasteiger partial charge is 0.493 e. The van der Waals surface area contributed by atoms with E-state index < -0.39 is 0 Å². The van der Waals surface area contributed by atoms with Crippen LogP contribution in [0, 0.1) is 24.1 Å². The van der Waals surface area contributed by atoms with Crippen LogP contribution in [0.1, 0.15) is 27.8 Å². The van der Waals surface area contributed by atoms with Crippen LogP contribution in [0.25, 0.3) is 11.6 Å². The zero-order valence-corrected chi connectivity index (χ0v) is 17.7. The minimum absolute atomic E-state index is 0.281. The third-order valence-corrected chi connectivity index (χ3v) is 4.83. The molecule has 0 unspecified atom stereocenters. The van der Waals surface area contributed by atoms with E-state index in [2.05, 4.69) is 12.6 Å². The summed E-state index contributed by atoms with van der Waals surface area (Å²) in [6.07, 6.45) is 4.20. The predicted octanol–water partition coefficient (Wildman–Crippen LogP) is 6.51. The first-order valence-electron chi connectivity index (χ1n) is 9.92. The van der Waals surface area contributed by atoms with Crippen LogP contribution >= 0.6 is 0 Å². The predicted molar refractivity (Wildman–Crippen MR) is 122 cm³/mol. The molecule has 31 heavy (non-hydrogen) atoms. The van der Waals surface area contributed by atoms with Gasteiger partial charge in [-0.15, -0.1) is 6.58 Å². The minimum Gasteiger partial charge on any atom is -0.493 e. The van der Waals surface area contributed by atoms with Crippen LogP contribution in [0.2, 0.25) is 0 Å². The molecule has 0 fully saturated rings. The molecule has 3 nitrogen and oxygen atoms in total. The number of allylic oxidation sites excluding steroid dienone is 2. The summed E-state index contributed by atoms with van der Waals surface area (Å²) < 4.78 is 24.8. The Kier molecular flexibility index (Phi) is 7.24. The molecule has 3 aromatic rings. The summed E-state index contributed by atoms with van der Waals surface area (Å²) in [4.78, 5) is 0. The first-order valence-corrected chi connectivity index (χ1v) is 9.92. The number of nitrogens with zero attached hydrogens (tertiary/aromatic N) is 1. The number of ether oxygens (including phenoxy) is 2. The van der Waals surface area contributed by atoms with Gasteiger partial charge in [0.1, 0.15) is 12.4 Å². The highest BCUT2D eigenvalue weighted by Gasteiger charge is 2.13. The Balaban J connectivity index is 1.96. The average molecular weight is 413 g/mol. The lowest BCUT2D eigenvalue weighted by molar-refractivity contribution is 0.282. The first-order chi connectivity index (χ1) is 15.0. The summed E-state index contributed by atoms with van der Waals surface area (Å²) in [5.41, 5.74) is 5.13. The number of aryl methyl sites for hydroxylation is 1. The van der Waals surface area contributed by atoms with Crippen molar-refractivity contribution in [3.05, 3.63) is 107 Å². The number of rotatable bonds is 8.